The number of pyridine rings is 2. The normalized spacial score (nSPS) is 11.4. The Morgan fingerprint density at radius 3 is 2.81 bits per heavy atom. The van der Waals surface area contributed by atoms with E-state index in [1.54, 1.807) is 4.68 Å². The van der Waals surface area contributed by atoms with Crippen LogP contribution in [0.25, 0.3) is 44.9 Å². The zero-order valence-electron chi connectivity index (χ0n) is 14.2. The minimum Gasteiger partial charge on any atom is -0.346 e. The minimum atomic E-state index is 0.866. The number of aryl methyl sites for hydroxylation is 1. The van der Waals surface area contributed by atoms with E-state index >= 15 is 0 Å². The molecule has 0 unspecified atom stereocenters. The van der Waals surface area contributed by atoms with E-state index in [0.29, 0.717) is 0 Å². The minimum absolute atomic E-state index is 0.866. The molecule has 0 atom stereocenters. The number of aromatic nitrogens is 6. The van der Waals surface area contributed by atoms with Gasteiger partial charge in [0.15, 0.2) is 0 Å². The molecule has 0 aliphatic rings. The lowest BCUT2D eigenvalue weighted by molar-refractivity contribution is 0.768. The highest BCUT2D eigenvalue weighted by atomic mass is 15.2. The first-order valence-electron chi connectivity index (χ1n) is 8.29. The summed E-state index contributed by atoms with van der Waals surface area (Å²) in [7, 11) is 1.91. The van der Waals surface area contributed by atoms with E-state index in [2.05, 4.69) is 44.9 Å². The molecule has 0 bridgehead atoms. The third-order valence-electron chi connectivity index (χ3n) is 4.65. The quantitative estimate of drug-likeness (QED) is 0.541. The molecule has 0 spiro atoms. The van der Waals surface area contributed by atoms with E-state index in [0.717, 1.165) is 44.4 Å². The maximum atomic E-state index is 4.57. The van der Waals surface area contributed by atoms with Crippen molar-refractivity contribution in [2.45, 2.75) is 0 Å². The number of fused-ring (bicyclic) bond motifs is 2. The second-order valence-corrected chi connectivity index (χ2v) is 6.27. The number of nitrogens with zero attached hydrogens (tertiary/aromatic N) is 5. The highest BCUT2D eigenvalue weighted by Gasteiger charge is 2.11. The Hall–Kier alpha value is -3.67. The van der Waals surface area contributed by atoms with Gasteiger partial charge in [-0.3, -0.25) is 4.68 Å². The molecule has 0 fully saturated rings. The summed E-state index contributed by atoms with van der Waals surface area (Å²) in [5, 5.41) is 9.68. The maximum Gasteiger partial charge on any atom is 0.137 e. The van der Waals surface area contributed by atoms with Crippen LogP contribution < -0.4 is 0 Å². The Labute approximate surface area is 149 Å². The average Bonchev–Trinajstić information content (AvgIpc) is 3.38. The Morgan fingerprint density at radius 1 is 1.08 bits per heavy atom. The van der Waals surface area contributed by atoms with E-state index in [1.165, 1.54) is 0 Å². The van der Waals surface area contributed by atoms with Gasteiger partial charge in [-0.2, -0.15) is 10.2 Å². The van der Waals surface area contributed by atoms with Gasteiger partial charge in [-0.15, -0.1) is 0 Å². The lowest BCUT2D eigenvalue weighted by Gasteiger charge is -2.03. The largest absolute Gasteiger partial charge is 0.346 e. The molecule has 0 amide bonds. The van der Waals surface area contributed by atoms with Crippen LogP contribution in [-0.2, 0) is 7.05 Å². The highest BCUT2D eigenvalue weighted by molar-refractivity contribution is 5.96. The SMILES string of the molecule is C=Cc1cnn2ccc(-c3c[nH]c4ncc(-c5cnn(C)c5)cc34)cc12. The zero-order valence-corrected chi connectivity index (χ0v) is 14.2. The first-order chi connectivity index (χ1) is 12.7. The van der Waals surface area contributed by atoms with E-state index in [1.807, 2.05) is 54.8 Å². The molecule has 5 rings (SSSR count). The summed E-state index contributed by atoms with van der Waals surface area (Å²) < 4.78 is 3.65. The summed E-state index contributed by atoms with van der Waals surface area (Å²) in [5.74, 6) is 0. The van der Waals surface area contributed by atoms with Crippen molar-refractivity contribution in [1.29, 1.82) is 0 Å². The second-order valence-electron chi connectivity index (χ2n) is 6.27. The van der Waals surface area contributed by atoms with Crippen LogP contribution in [-0.4, -0.2) is 29.4 Å². The van der Waals surface area contributed by atoms with Crippen LogP contribution in [0.5, 0.6) is 0 Å². The molecule has 5 heterocycles. The summed E-state index contributed by atoms with van der Waals surface area (Å²) in [6, 6.07) is 6.34. The van der Waals surface area contributed by atoms with Crippen molar-refractivity contribution in [2.75, 3.05) is 0 Å². The molecule has 0 saturated carbocycles. The number of aromatic amines is 1. The Morgan fingerprint density at radius 2 is 2.00 bits per heavy atom. The van der Waals surface area contributed by atoms with Crippen LogP contribution in [0.2, 0.25) is 0 Å². The molecular formula is C20H16N6. The van der Waals surface area contributed by atoms with Gasteiger partial charge in [0.2, 0.25) is 0 Å². The number of H-pyrrole nitrogens is 1. The Balaban J connectivity index is 1.70. The van der Waals surface area contributed by atoms with Crippen LogP contribution >= 0.6 is 0 Å². The maximum absolute atomic E-state index is 4.57. The van der Waals surface area contributed by atoms with Crippen molar-refractivity contribution < 1.29 is 0 Å². The standard InChI is InChI=1S/C20H16N6/c1-3-13-9-24-26-5-4-14(7-19(13)26)18-11-22-20-17(18)6-15(8-21-20)16-10-23-25(2)12-16/h3-12H,1H2,2H3,(H,21,22). The topological polar surface area (TPSA) is 63.8 Å². The molecular weight excluding hydrogens is 324 g/mol. The van der Waals surface area contributed by atoms with Crippen LogP contribution in [0.3, 0.4) is 0 Å². The molecule has 1 N–H and O–H groups in total. The number of rotatable bonds is 3. The molecule has 0 aliphatic heterocycles. The second kappa shape index (κ2) is 5.42. The van der Waals surface area contributed by atoms with Crippen molar-refractivity contribution >= 4 is 22.6 Å². The van der Waals surface area contributed by atoms with Crippen molar-refractivity contribution in [3.63, 3.8) is 0 Å². The Bertz CT molecular complexity index is 1270. The number of hydrogen-bond donors (Lipinski definition) is 1. The van der Waals surface area contributed by atoms with Crippen molar-refractivity contribution in [3.8, 4) is 22.3 Å². The average molecular weight is 340 g/mol. The summed E-state index contributed by atoms with van der Waals surface area (Å²) in [5.41, 5.74) is 7.22. The summed E-state index contributed by atoms with van der Waals surface area (Å²) in [6.45, 7) is 3.87. The molecule has 0 aliphatic carbocycles. The molecule has 0 radical (unpaired) electrons. The van der Waals surface area contributed by atoms with Gasteiger partial charge in [-0.1, -0.05) is 12.7 Å². The van der Waals surface area contributed by atoms with Gasteiger partial charge in [0.05, 0.1) is 17.9 Å². The van der Waals surface area contributed by atoms with Gasteiger partial charge >= 0.3 is 0 Å². The first kappa shape index (κ1) is 14.7. The van der Waals surface area contributed by atoms with Gasteiger partial charge in [0.1, 0.15) is 5.65 Å². The predicted molar refractivity (Wildman–Crippen MR) is 103 cm³/mol. The van der Waals surface area contributed by atoms with Crippen LogP contribution in [0.1, 0.15) is 5.56 Å². The van der Waals surface area contributed by atoms with Crippen LogP contribution in [0.15, 0.2) is 62.0 Å². The highest BCUT2D eigenvalue weighted by Crippen LogP contribution is 2.31. The number of nitrogens with one attached hydrogen (secondary N) is 1. The molecule has 126 valence electrons. The molecule has 0 aromatic carbocycles. The van der Waals surface area contributed by atoms with Crippen LogP contribution in [0, 0.1) is 0 Å². The first-order valence-corrected chi connectivity index (χ1v) is 8.29. The smallest absolute Gasteiger partial charge is 0.137 e. The molecule has 0 saturated heterocycles. The predicted octanol–water partition coefficient (Wildman–Crippen LogP) is 3.92. The number of hydrogen-bond acceptors (Lipinski definition) is 3. The summed E-state index contributed by atoms with van der Waals surface area (Å²) in [6.07, 6.45) is 13.3. The molecule has 5 aromatic heterocycles. The lowest BCUT2D eigenvalue weighted by atomic mass is 10.0. The van der Waals surface area contributed by atoms with Crippen molar-refractivity contribution in [3.05, 3.63) is 67.5 Å². The summed E-state index contributed by atoms with van der Waals surface area (Å²) in [4.78, 5) is 7.84. The fourth-order valence-corrected chi connectivity index (χ4v) is 3.29. The van der Waals surface area contributed by atoms with Gasteiger partial charge in [-0.05, 0) is 23.8 Å². The fourth-order valence-electron chi connectivity index (χ4n) is 3.29. The van der Waals surface area contributed by atoms with E-state index in [9.17, 15) is 0 Å². The molecule has 26 heavy (non-hydrogen) atoms. The zero-order chi connectivity index (χ0) is 17.7. The van der Waals surface area contributed by atoms with Crippen molar-refractivity contribution in [2.24, 2.45) is 7.05 Å². The molecule has 6 nitrogen and oxygen atoms in total. The van der Waals surface area contributed by atoms with E-state index < -0.39 is 0 Å². The van der Waals surface area contributed by atoms with E-state index in [4.69, 9.17) is 0 Å². The molecule has 6 heteroatoms. The van der Waals surface area contributed by atoms with Gasteiger partial charge < -0.3 is 4.98 Å². The van der Waals surface area contributed by atoms with E-state index in [-0.39, 0.29) is 0 Å². The summed E-state index contributed by atoms with van der Waals surface area (Å²) >= 11 is 0. The lowest BCUT2D eigenvalue weighted by Crippen LogP contribution is -1.87. The van der Waals surface area contributed by atoms with Gasteiger partial charge in [0.25, 0.3) is 0 Å². The van der Waals surface area contributed by atoms with Gasteiger partial charge in [0, 0.05) is 59.5 Å². The fraction of sp³-hybridized carbons (Fsp3) is 0.0500. The monoisotopic (exact) mass is 340 g/mol. The molecule has 5 aromatic rings. The van der Waals surface area contributed by atoms with Crippen molar-refractivity contribution in [1.82, 2.24) is 29.4 Å². The van der Waals surface area contributed by atoms with Gasteiger partial charge in [-0.25, -0.2) is 9.50 Å². The third kappa shape index (κ3) is 2.16. The third-order valence-corrected chi connectivity index (χ3v) is 4.65. The Kier molecular flexibility index (Phi) is 3.05. The van der Waals surface area contributed by atoms with Crippen LogP contribution in [0.4, 0.5) is 0 Å².